The molecule has 0 aromatic carbocycles. The molecule has 52 valence electrons. The molecule has 0 radical (unpaired) electrons. The van der Waals surface area contributed by atoms with E-state index in [1.54, 1.807) is 0 Å². The Morgan fingerprint density at radius 2 is 1.22 bits per heavy atom. The van der Waals surface area contributed by atoms with Gasteiger partial charge in [-0.05, 0) is 36.5 Å². The van der Waals surface area contributed by atoms with Crippen LogP contribution in [-0.2, 0) is 0 Å². The molecule has 0 amide bonds. The minimum absolute atomic E-state index is 0.771. The third-order valence-corrected chi connectivity index (χ3v) is 4.14. The zero-order chi connectivity index (χ0) is 6.54. The predicted molar refractivity (Wildman–Crippen MR) is 39.3 cm³/mol. The second-order valence-electron chi connectivity index (χ2n) is 4.47. The lowest BCUT2D eigenvalue weighted by atomic mass is 9.53. The van der Waals surface area contributed by atoms with Crippen LogP contribution in [0.3, 0.4) is 0 Å². The van der Waals surface area contributed by atoms with Gasteiger partial charge in [-0.2, -0.15) is 0 Å². The van der Waals surface area contributed by atoms with Crippen molar-refractivity contribution in [2.75, 3.05) is 0 Å². The molecule has 0 aromatic rings. The largest absolute Gasteiger partial charge is 0.0591 e. The van der Waals surface area contributed by atoms with Crippen molar-refractivity contribution in [1.82, 2.24) is 0 Å². The van der Waals surface area contributed by atoms with Crippen LogP contribution in [0.25, 0.3) is 0 Å². The SMILES string of the molecule is C[C@@]12CCC[C@]1(C)CC2. The van der Waals surface area contributed by atoms with E-state index in [2.05, 4.69) is 13.8 Å². The summed E-state index contributed by atoms with van der Waals surface area (Å²) in [5.41, 5.74) is 1.54. The van der Waals surface area contributed by atoms with E-state index in [0.717, 1.165) is 10.8 Å². The molecule has 2 aliphatic carbocycles. The highest BCUT2D eigenvalue weighted by atomic mass is 14.6. The Labute approximate surface area is 57.6 Å². The molecule has 0 bridgehead atoms. The van der Waals surface area contributed by atoms with Crippen LogP contribution in [0, 0.1) is 10.8 Å². The number of hydrogen-bond donors (Lipinski definition) is 0. The number of hydrogen-bond acceptors (Lipinski definition) is 0. The normalized spacial score (nSPS) is 56.7. The lowest BCUT2D eigenvalue weighted by Crippen LogP contribution is -2.42. The fourth-order valence-corrected chi connectivity index (χ4v) is 2.70. The second-order valence-corrected chi connectivity index (χ2v) is 4.47. The van der Waals surface area contributed by atoms with Crippen LogP contribution >= 0.6 is 0 Å². The summed E-state index contributed by atoms with van der Waals surface area (Å²) >= 11 is 0. The summed E-state index contributed by atoms with van der Waals surface area (Å²) in [6.07, 6.45) is 7.51. The first-order chi connectivity index (χ1) is 4.16. The molecule has 2 atom stereocenters. The molecule has 2 rings (SSSR count). The first-order valence-electron chi connectivity index (χ1n) is 4.16. The highest BCUT2D eigenvalue weighted by Gasteiger charge is 2.54. The summed E-state index contributed by atoms with van der Waals surface area (Å²) in [6, 6.07) is 0. The summed E-state index contributed by atoms with van der Waals surface area (Å²) in [5.74, 6) is 0. The Morgan fingerprint density at radius 3 is 1.44 bits per heavy atom. The van der Waals surface area contributed by atoms with Gasteiger partial charge in [0.25, 0.3) is 0 Å². The van der Waals surface area contributed by atoms with Crippen molar-refractivity contribution in [1.29, 1.82) is 0 Å². The van der Waals surface area contributed by atoms with E-state index in [1.807, 2.05) is 0 Å². The monoisotopic (exact) mass is 124 g/mol. The second kappa shape index (κ2) is 1.36. The van der Waals surface area contributed by atoms with Gasteiger partial charge < -0.3 is 0 Å². The fraction of sp³-hybridized carbons (Fsp3) is 1.00. The van der Waals surface area contributed by atoms with Crippen LogP contribution in [0.15, 0.2) is 0 Å². The molecule has 0 aliphatic heterocycles. The minimum atomic E-state index is 0.771. The van der Waals surface area contributed by atoms with Gasteiger partial charge in [-0.3, -0.25) is 0 Å². The highest BCUT2D eigenvalue weighted by Crippen LogP contribution is 2.65. The highest BCUT2D eigenvalue weighted by molar-refractivity contribution is 5.05. The van der Waals surface area contributed by atoms with Gasteiger partial charge in [0, 0.05) is 0 Å². The van der Waals surface area contributed by atoms with E-state index in [4.69, 9.17) is 0 Å². The summed E-state index contributed by atoms with van der Waals surface area (Å²) in [7, 11) is 0. The fourth-order valence-electron chi connectivity index (χ4n) is 2.70. The first kappa shape index (κ1) is 5.76. The van der Waals surface area contributed by atoms with E-state index >= 15 is 0 Å². The van der Waals surface area contributed by atoms with Gasteiger partial charge in [-0.1, -0.05) is 20.3 Å². The molecule has 0 spiro atoms. The summed E-state index contributed by atoms with van der Waals surface area (Å²) in [4.78, 5) is 0. The first-order valence-corrected chi connectivity index (χ1v) is 4.16. The van der Waals surface area contributed by atoms with Crippen LogP contribution in [0.5, 0.6) is 0 Å². The van der Waals surface area contributed by atoms with Gasteiger partial charge in [0.1, 0.15) is 0 Å². The molecule has 0 heteroatoms. The lowest BCUT2D eigenvalue weighted by molar-refractivity contribution is -0.0164. The third kappa shape index (κ3) is 0.500. The average molecular weight is 124 g/mol. The molecule has 9 heavy (non-hydrogen) atoms. The maximum atomic E-state index is 2.48. The van der Waals surface area contributed by atoms with Crippen molar-refractivity contribution >= 4 is 0 Å². The van der Waals surface area contributed by atoms with E-state index < -0.39 is 0 Å². The van der Waals surface area contributed by atoms with Crippen LogP contribution in [-0.4, -0.2) is 0 Å². The molecule has 2 fully saturated rings. The maximum absolute atomic E-state index is 2.48. The van der Waals surface area contributed by atoms with Crippen molar-refractivity contribution in [2.45, 2.75) is 46.0 Å². The minimum Gasteiger partial charge on any atom is -0.0591 e. The van der Waals surface area contributed by atoms with Crippen LogP contribution in [0.4, 0.5) is 0 Å². The Kier molecular flexibility index (Phi) is 0.868. The van der Waals surface area contributed by atoms with Gasteiger partial charge in [-0.15, -0.1) is 0 Å². The Balaban J connectivity index is 2.26. The Bertz CT molecular complexity index is 123. The molecule has 0 N–H and O–H groups in total. The molecule has 0 aromatic heterocycles. The molecule has 0 nitrogen and oxygen atoms in total. The van der Waals surface area contributed by atoms with E-state index in [0.29, 0.717) is 0 Å². The third-order valence-electron chi connectivity index (χ3n) is 4.14. The molecule has 0 heterocycles. The van der Waals surface area contributed by atoms with E-state index in [1.165, 1.54) is 32.1 Å². The van der Waals surface area contributed by atoms with Gasteiger partial charge in [0.05, 0.1) is 0 Å². The standard InChI is InChI=1S/C9H16/c1-8-4-3-5-9(8,2)7-6-8/h3-7H2,1-2H3/t8-,9+. The molecular formula is C9H16. The summed E-state index contributed by atoms with van der Waals surface area (Å²) < 4.78 is 0. The van der Waals surface area contributed by atoms with Gasteiger partial charge in [0.15, 0.2) is 0 Å². The van der Waals surface area contributed by atoms with Crippen molar-refractivity contribution < 1.29 is 0 Å². The quantitative estimate of drug-likeness (QED) is 0.465. The van der Waals surface area contributed by atoms with Gasteiger partial charge in [0.2, 0.25) is 0 Å². The Morgan fingerprint density at radius 1 is 0.778 bits per heavy atom. The summed E-state index contributed by atoms with van der Waals surface area (Å²) in [5, 5.41) is 0. The van der Waals surface area contributed by atoms with Crippen molar-refractivity contribution in [3.8, 4) is 0 Å². The van der Waals surface area contributed by atoms with Crippen LogP contribution < -0.4 is 0 Å². The Hall–Kier alpha value is 0. The number of fused-ring (bicyclic) bond motifs is 1. The van der Waals surface area contributed by atoms with Gasteiger partial charge in [-0.25, -0.2) is 0 Å². The molecular weight excluding hydrogens is 108 g/mol. The lowest BCUT2D eigenvalue weighted by Gasteiger charge is -2.52. The molecule has 2 aliphatic rings. The van der Waals surface area contributed by atoms with Crippen molar-refractivity contribution in [2.24, 2.45) is 10.8 Å². The van der Waals surface area contributed by atoms with Crippen molar-refractivity contribution in [3.05, 3.63) is 0 Å². The van der Waals surface area contributed by atoms with Gasteiger partial charge >= 0.3 is 0 Å². The molecule has 0 saturated heterocycles. The van der Waals surface area contributed by atoms with Crippen LogP contribution in [0.2, 0.25) is 0 Å². The average Bonchev–Trinajstić information content (AvgIpc) is 1.98. The van der Waals surface area contributed by atoms with E-state index in [-0.39, 0.29) is 0 Å². The van der Waals surface area contributed by atoms with Crippen molar-refractivity contribution in [3.63, 3.8) is 0 Å². The smallest absolute Gasteiger partial charge is 0.0272 e. The predicted octanol–water partition coefficient (Wildman–Crippen LogP) is 2.98. The molecule has 0 unspecified atom stereocenters. The topological polar surface area (TPSA) is 0 Å². The van der Waals surface area contributed by atoms with Crippen LogP contribution in [0.1, 0.15) is 46.0 Å². The maximum Gasteiger partial charge on any atom is -0.0272 e. The zero-order valence-corrected chi connectivity index (χ0v) is 6.54. The van der Waals surface area contributed by atoms with E-state index in [9.17, 15) is 0 Å². The summed E-state index contributed by atoms with van der Waals surface area (Å²) in [6.45, 7) is 4.95. The zero-order valence-electron chi connectivity index (χ0n) is 6.54. The number of rotatable bonds is 0. The molecule has 2 saturated carbocycles.